The van der Waals surface area contributed by atoms with Crippen molar-refractivity contribution in [1.29, 1.82) is 0 Å². The molecule has 3 heterocycles. The second-order valence-electron chi connectivity index (χ2n) is 28.1. The first-order valence-electron chi connectivity index (χ1n) is 30.5. The van der Waals surface area contributed by atoms with E-state index in [9.17, 15) is 0 Å². The van der Waals surface area contributed by atoms with Gasteiger partial charge < -0.3 is 18.6 Å². The van der Waals surface area contributed by atoms with E-state index in [-0.39, 0.29) is 21.7 Å². The molecule has 0 amide bonds. The van der Waals surface area contributed by atoms with Crippen molar-refractivity contribution in [1.82, 2.24) is 4.98 Å². The monoisotopic (exact) mass is 1120 g/mol. The summed E-state index contributed by atoms with van der Waals surface area (Å²) in [5, 5.41) is 4.15. The van der Waals surface area contributed by atoms with E-state index in [1.165, 1.54) is 22.3 Å². The Labute approximate surface area is 507 Å². The molecule has 5 heteroatoms. The summed E-state index contributed by atoms with van der Waals surface area (Å²) < 4.78 is 15.1. The number of rotatable bonds is 6. The fraction of sp³-hybridized carbons (Fsp3) is 0.222. The van der Waals surface area contributed by atoms with Crippen molar-refractivity contribution in [2.24, 2.45) is 0 Å². The van der Waals surface area contributed by atoms with Crippen molar-refractivity contribution in [2.75, 3.05) is 9.80 Å². The summed E-state index contributed by atoms with van der Waals surface area (Å²) in [6, 6.07) is 74.2. The summed E-state index contributed by atoms with van der Waals surface area (Å²) in [6.45, 7) is 32.9. The Bertz CT molecular complexity index is 4580. The highest BCUT2D eigenvalue weighted by Crippen LogP contribution is 2.62. The highest BCUT2D eigenvalue weighted by molar-refractivity contribution is 6.16. The summed E-state index contributed by atoms with van der Waals surface area (Å²) in [4.78, 5) is 10.2. The number of hydrogen-bond donors (Lipinski definition) is 0. The van der Waals surface area contributed by atoms with Crippen molar-refractivity contribution < 1.29 is 8.83 Å². The first-order valence-corrected chi connectivity index (χ1v) is 30.5. The van der Waals surface area contributed by atoms with Gasteiger partial charge in [-0.3, -0.25) is 4.98 Å². The standard InChI is InChI=1S/C81H75N3O2/c1-50-47-67(83(56-37-29-52(30-38-56)77(2,3)4)57-39-31-53(32-40-57)78(5,6)7)73-61-23-15-18-26-69(61)85-71(73)48-63-66(81(50)64-25-17-14-22-60(64)72-65(81)45-28-51-21-20-46-82-75(51)72)49-68(74-62-24-16-19-27-70(62)86-76(63)74)84(58-41-33-54(34-42-58)79(8,9)10)59-43-35-55(36-44-59)80(11,12)13/h14-47,49H,1,48H2,2-13H3/b67-47+. The largest absolute Gasteiger partial charge is 0.460 e. The van der Waals surface area contributed by atoms with Gasteiger partial charge in [0, 0.05) is 68.2 Å². The zero-order chi connectivity index (χ0) is 59.8. The number of pyridine rings is 1. The lowest BCUT2D eigenvalue weighted by Gasteiger charge is -2.38. The lowest BCUT2D eigenvalue weighted by atomic mass is 9.65. The third-order valence-electron chi connectivity index (χ3n) is 18.4. The maximum absolute atomic E-state index is 7.60. The molecule has 1 unspecified atom stereocenters. The molecule has 426 valence electrons. The lowest BCUT2D eigenvalue weighted by molar-refractivity contribution is 0.557. The molecule has 0 saturated heterocycles. The van der Waals surface area contributed by atoms with Gasteiger partial charge in [-0.15, -0.1) is 0 Å². The topological polar surface area (TPSA) is 45.7 Å². The van der Waals surface area contributed by atoms with Crippen LogP contribution in [-0.4, -0.2) is 4.98 Å². The molecule has 0 bridgehead atoms. The van der Waals surface area contributed by atoms with E-state index in [1.807, 2.05) is 12.3 Å². The van der Waals surface area contributed by atoms with E-state index in [2.05, 4.69) is 293 Å². The zero-order valence-corrected chi connectivity index (χ0v) is 51.8. The van der Waals surface area contributed by atoms with Crippen LogP contribution in [0.2, 0.25) is 0 Å². The molecule has 0 N–H and O–H groups in total. The molecule has 0 saturated carbocycles. The van der Waals surface area contributed by atoms with Crippen LogP contribution in [0.3, 0.4) is 0 Å². The molecule has 0 aliphatic heterocycles. The normalized spacial score (nSPS) is 15.9. The average molecular weight is 1120 g/mol. The summed E-state index contributed by atoms with van der Waals surface area (Å²) >= 11 is 0. The third kappa shape index (κ3) is 8.75. The molecule has 1 spiro atoms. The number of aromatic nitrogens is 1. The van der Waals surface area contributed by atoms with Gasteiger partial charge >= 0.3 is 0 Å². The molecule has 1 atom stereocenters. The number of anilines is 5. The third-order valence-corrected chi connectivity index (χ3v) is 18.4. The Morgan fingerprint density at radius 3 is 1.49 bits per heavy atom. The Morgan fingerprint density at radius 2 is 0.942 bits per heavy atom. The molecule has 3 aromatic heterocycles. The maximum atomic E-state index is 7.60. The summed E-state index contributed by atoms with van der Waals surface area (Å²) in [7, 11) is 0. The Hall–Kier alpha value is -9.19. The van der Waals surface area contributed by atoms with Gasteiger partial charge in [-0.05, 0) is 151 Å². The number of allylic oxidation sites excluding steroid dienone is 2. The predicted octanol–water partition coefficient (Wildman–Crippen LogP) is 22.2. The van der Waals surface area contributed by atoms with Crippen LogP contribution in [0.5, 0.6) is 0 Å². The van der Waals surface area contributed by atoms with Gasteiger partial charge in [-0.25, -0.2) is 0 Å². The van der Waals surface area contributed by atoms with Crippen LogP contribution in [0.25, 0.3) is 60.6 Å². The molecule has 86 heavy (non-hydrogen) atoms. The smallest absolute Gasteiger partial charge is 0.141 e. The molecular weight excluding hydrogens is 1050 g/mol. The van der Waals surface area contributed by atoms with Gasteiger partial charge in [-0.2, -0.15) is 0 Å². The first-order chi connectivity index (χ1) is 41.1. The Kier molecular flexibility index (Phi) is 12.5. The van der Waals surface area contributed by atoms with Gasteiger partial charge in [0.2, 0.25) is 0 Å². The average Bonchev–Trinajstić information content (AvgIpc) is 1.75. The SMILES string of the molecule is C=C1/C=C(/N(c2ccc(C(C)(C)C)cc2)c2ccc(C(C)(C)C)cc2)c2c(oc3ccccc23)Cc2c(cc(N(c3ccc(C(C)(C)C)cc3)c3ccc(C(C)(C)C)cc3)c3c2oc2ccccc23)C12c1ccccc1-c1c2ccc2cccnc12. The van der Waals surface area contributed by atoms with Crippen molar-refractivity contribution in [3.63, 3.8) is 0 Å². The van der Waals surface area contributed by atoms with Crippen LogP contribution in [0, 0.1) is 0 Å². The van der Waals surface area contributed by atoms with Crippen molar-refractivity contribution in [2.45, 2.75) is 117 Å². The molecule has 2 aliphatic rings. The van der Waals surface area contributed by atoms with Crippen molar-refractivity contribution >= 4 is 77.9 Å². The second kappa shape index (κ2) is 19.7. The second-order valence-corrected chi connectivity index (χ2v) is 28.1. The fourth-order valence-electron chi connectivity index (χ4n) is 13.8. The number of fused-ring (bicyclic) bond motifs is 16. The van der Waals surface area contributed by atoms with Gasteiger partial charge in [0.05, 0.1) is 27.7 Å². The van der Waals surface area contributed by atoms with E-state index >= 15 is 0 Å². The van der Waals surface area contributed by atoms with Gasteiger partial charge in [0.25, 0.3) is 0 Å². The minimum atomic E-state index is -1.03. The van der Waals surface area contributed by atoms with Gasteiger partial charge in [0.15, 0.2) is 0 Å². The van der Waals surface area contributed by atoms with Gasteiger partial charge in [-0.1, -0.05) is 217 Å². The molecule has 5 nitrogen and oxygen atoms in total. The van der Waals surface area contributed by atoms with E-state index in [4.69, 9.17) is 20.4 Å². The van der Waals surface area contributed by atoms with Crippen LogP contribution in [0.4, 0.5) is 28.4 Å². The van der Waals surface area contributed by atoms with Crippen LogP contribution in [0.15, 0.2) is 233 Å². The highest BCUT2D eigenvalue weighted by Gasteiger charge is 2.50. The van der Waals surface area contributed by atoms with Crippen molar-refractivity contribution in [3.8, 4) is 11.1 Å². The van der Waals surface area contributed by atoms with E-state index in [0.29, 0.717) is 6.42 Å². The van der Waals surface area contributed by atoms with E-state index in [1.54, 1.807) is 0 Å². The Balaban J connectivity index is 1.16. The van der Waals surface area contributed by atoms with Crippen LogP contribution >= 0.6 is 0 Å². The summed E-state index contributed by atoms with van der Waals surface area (Å²) in [5.74, 6) is 0.833. The van der Waals surface area contributed by atoms with Gasteiger partial charge in [0.1, 0.15) is 22.5 Å². The molecule has 12 aromatic rings. The quantitative estimate of drug-likeness (QED) is 0.166. The summed E-state index contributed by atoms with van der Waals surface area (Å²) in [6.07, 6.45) is 4.73. The number of furan rings is 2. The zero-order valence-electron chi connectivity index (χ0n) is 51.8. The van der Waals surface area contributed by atoms with Crippen molar-refractivity contribution in [3.05, 3.63) is 280 Å². The molecule has 0 fully saturated rings. The minimum absolute atomic E-state index is 0.0505. The maximum Gasteiger partial charge on any atom is 0.141 e. The molecule has 2 aliphatic carbocycles. The minimum Gasteiger partial charge on any atom is -0.460 e. The van der Waals surface area contributed by atoms with Crippen LogP contribution in [-0.2, 0) is 33.5 Å². The molecular formula is C81H75N3O2. The predicted molar refractivity (Wildman–Crippen MR) is 361 cm³/mol. The molecule has 14 rings (SSSR count). The number of benzene rings is 9. The molecule has 0 radical (unpaired) electrons. The Morgan fingerprint density at radius 1 is 0.453 bits per heavy atom. The van der Waals surface area contributed by atoms with Crippen LogP contribution in [0.1, 0.15) is 139 Å². The highest BCUT2D eigenvalue weighted by atomic mass is 16.3. The number of hydrogen-bond acceptors (Lipinski definition) is 5. The van der Waals surface area contributed by atoms with E-state index < -0.39 is 5.41 Å². The number of para-hydroxylation sites is 2. The fourth-order valence-corrected chi connectivity index (χ4v) is 13.8. The van der Waals surface area contributed by atoms with E-state index in [0.717, 1.165) is 128 Å². The molecule has 9 aromatic carbocycles. The lowest BCUT2D eigenvalue weighted by Crippen LogP contribution is -2.31. The summed E-state index contributed by atoms with van der Waals surface area (Å²) in [5.41, 5.74) is 21.7. The van der Waals surface area contributed by atoms with Crippen LogP contribution < -0.4 is 9.80 Å². The number of nitrogens with zero attached hydrogens (tertiary/aromatic N) is 3. The first kappa shape index (κ1) is 54.7.